The summed E-state index contributed by atoms with van der Waals surface area (Å²) in [6.07, 6.45) is 4.22. The minimum absolute atomic E-state index is 0.124. The highest BCUT2D eigenvalue weighted by molar-refractivity contribution is 7.89. The van der Waals surface area contributed by atoms with Crippen LogP contribution in [-0.2, 0) is 15.4 Å². The fraction of sp³-hybridized carbons (Fsp3) is 0.316. The van der Waals surface area contributed by atoms with Crippen molar-refractivity contribution in [2.24, 2.45) is 0 Å². The van der Waals surface area contributed by atoms with Crippen LogP contribution in [0.3, 0.4) is 0 Å². The third kappa shape index (κ3) is 3.35. The molecule has 3 rings (SSSR count). The molecule has 1 N–H and O–H groups in total. The smallest absolute Gasteiger partial charge is 0.210 e. The zero-order valence-electron chi connectivity index (χ0n) is 13.4. The molecule has 124 valence electrons. The molecule has 5 heteroatoms. The van der Waals surface area contributed by atoms with Gasteiger partial charge in [-0.1, -0.05) is 43.2 Å². The number of hydrogen-bond acceptors (Lipinski definition) is 3. The van der Waals surface area contributed by atoms with Gasteiger partial charge in [0, 0.05) is 12.0 Å². The predicted molar refractivity (Wildman–Crippen MR) is 92.9 cm³/mol. The van der Waals surface area contributed by atoms with Crippen LogP contribution < -0.4 is 4.72 Å². The summed E-state index contributed by atoms with van der Waals surface area (Å²) in [5.41, 5.74) is 1.52. The van der Waals surface area contributed by atoms with Crippen molar-refractivity contribution in [2.45, 2.75) is 36.0 Å². The average Bonchev–Trinajstić information content (AvgIpc) is 3.11. The lowest BCUT2D eigenvalue weighted by atomic mass is 9.79. The minimum atomic E-state index is -3.58. The Kier molecular flexibility index (Phi) is 4.70. The van der Waals surface area contributed by atoms with E-state index in [1.54, 1.807) is 0 Å². The summed E-state index contributed by atoms with van der Waals surface area (Å²) in [5, 5.41) is 8.82. The van der Waals surface area contributed by atoms with Crippen LogP contribution in [0.1, 0.15) is 36.8 Å². The molecule has 24 heavy (non-hydrogen) atoms. The van der Waals surface area contributed by atoms with Crippen LogP contribution in [-0.4, -0.2) is 15.0 Å². The number of hydrogen-bond donors (Lipinski definition) is 1. The molecule has 1 aliphatic rings. The largest absolute Gasteiger partial charge is 0.240 e. The Bertz CT molecular complexity index is 831. The molecule has 0 amide bonds. The lowest BCUT2D eigenvalue weighted by molar-refractivity contribution is 0.432. The molecule has 0 bridgehead atoms. The van der Waals surface area contributed by atoms with Crippen molar-refractivity contribution in [3.63, 3.8) is 0 Å². The van der Waals surface area contributed by atoms with Gasteiger partial charge in [0.05, 0.1) is 16.5 Å². The van der Waals surface area contributed by atoms with Crippen LogP contribution in [0.15, 0.2) is 59.5 Å². The minimum Gasteiger partial charge on any atom is -0.210 e. The molecule has 0 atom stereocenters. The Morgan fingerprint density at radius 1 is 1.00 bits per heavy atom. The summed E-state index contributed by atoms with van der Waals surface area (Å²) in [6, 6.07) is 18.2. The van der Waals surface area contributed by atoms with Crippen molar-refractivity contribution in [1.82, 2.24) is 4.72 Å². The Balaban J connectivity index is 1.80. The second-order valence-electron chi connectivity index (χ2n) is 6.31. The second kappa shape index (κ2) is 6.76. The number of rotatable bonds is 5. The van der Waals surface area contributed by atoms with Crippen molar-refractivity contribution in [3.8, 4) is 6.07 Å². The van der Waals surface area contributed by atoms with Gasteiger partial charge >= 0.3 is 0 Å². The van der Waals surface area contributed by atoms with Gasteiger partial charge in [-0.05, 0) is 42.7 Å². The summed E-state index contributed by atoms with van der Waals surface area (Å²) in [6.45, 7) is 0.402. The van der Waals surface area contributed by atoms with Crippen LogP contribution >= 0.6 is 0 Å². The van der Waals surface area contributed by atoms with E-state index >= 15 is 0 Å². The molecular formula is C19H20N2O2S. The van der Waals surface area contributed by atoms with Crippen LogP contribution in [0.5, 0.6) is 0 Å². The quantitative estimate of drug-likeness (QED) is 0.907. The van der Waals surface area contributed by atoms with Gasteiger partial charge in [-0.25, -0.2) is 13.1 Å². The maximum Gasteiger partial charge on any atom is 0.240 e. The van der Waals surface area contributed by atoms with Crippen LogP contribution in [0.25, 0.3) is 0 Å². The van der Waals surface area contributed by atoms with Gasteiger partial charge in [0.15, 0.2) is 0 Å². The third-order valence-corrected chi connectivity index (χ3v) is 6.26. The maximum absolute atomic E-state index is 12.6. The summed E-state index contributed by atoms with van der Waals surface area (Å²) in [7, 11) is -3.58. The molecule has 0 aliphatic heterocycles. The fourth-order valence-corrected chi connectivity index (χ4v) is 4.56. The fourth-order valence-electron chi connectivity index (χ4n) is 3.44. The number of nitrogens with one attached hydrogen (secondary N) is 1. The van der Waals surface area contributed by atoms with E-state index in [1.807, 2.05) is 24.3 Å². The van der Waals surface area contributed by atoms with E-state index in [9.17, 15) is 8.42 Å². The van der Waals surface area contributed by atoms with Gasteiger partial charge in [-0.2, -0.15) is 5.26 Å². The standard InChI is InChI=1S/C19H20N2O2S/c20-14-16-8-10-18(11-9-16)24(22,23)21-15-19(12-4-5-13-19)17-6-2-1-3-7-17/h1-3,6-11,21H,4-5,12-13,15H2. The van der Waals surface area contributed by atoms with Crippen molar-refractivity contribution in [2.75, 3.05) is 6.54 Å². The number of nitrogens with zero attached hydrogens (tertiary/aromatic N) is 1. The van der Waals surface area contributed by atoms with Gasteiger partial charge < -0.3 is 0 Å². The van der Waals surface area contributed by atoms with E-state index in [2.05, 4.69) is 16.9 Å². The van der Waals surface area contributed by atoms with Crippen LogP contribution in [0, 0.1) is 11.3 Å². The van der Waals surface area contributed by atoms with E-state index in [0.29, 0.717) is 12.1 Å². The van der Waals surface area contributed by atoms with Gasteiger partial charge in [0.2, 0.25) is 10.0 Å². The molecule has 1 fully saturated rings. The zero-order valence-corrected chi connectivity index (χ0v) is 14.2. The molecule has 4 nitrogen and oxygen atoms in total. The van der Waals surface area contributed by atoms with E-state index in [1.165, 1.54) is 29.8 Å². The van der Waals surface area contributed by atoms with Gasteiger partial charge in [0.1, 0.15) is 0 Å². The Morgan fingerprint density at radius 3 is 2.21 bits per heavy atom. The lowest BCUT2D eigenvalue weighted by Crippen LogP contribution is -2.39. The van der Waals surface area contributed by atoms with E-state index in [-0.39, 0.29) is 10.3 Å². The van der Waals surface area contributed by atoms with Gasteiger partial charge in [-0.3, -0.25) is 0 Å². The number of sulfonamides is 1. The molecule has 2 aromatic carbocycles. The predicted octanol–water partition coefficient (Wildman–Crippen LogP) is 3.35. The lowest BCUT2D eigenvalue weighted by Gasteiger charge is -2.30. The molecule has 0 saturated heterocycles. The highest BCUT2D eigenvalue weighted by Gasteiger charge is 2.36. The number of benzene rings is 2. The molecule has 1 saturated carbocycles. The van der Waals surface area contributed by atoms with Crippen LogP contribution in [0.4, 0.5) is 0 Å². The van der Waals surface area contributed by atoms with E-state index < -0.39 is 10.0 Å². The summed E-state index contributed by atoms with van der Waals surface area (Å²) < 4.78 is 27.9. The van der Waals surface area contributed by atoms with Gasteiger partial charge in [0.25, 0.3) is 0 Å². The Morgan fingerprint density at radius 2 is 1.62 bits per heavy atom. The van der Waals surface area contributed by atoms with Crippen LogP contribution in [0.2, 0.25) is 0 Å². The van der Waals surface area contributed by atoms with Crippen molar-refractivity contribution < 1.29 is 8.42 Å². The summed E-state index contributed by atoms with van der Waals surface area (Å²) in [5.74, 6) is 0. The van der Waals surface area contributed by atoms with E-state index in [4.69, 9.17) is 5.26 Å². The number of nitriles is 1. The summed E-state index contributed by atoms with van der Waals surface area (Å²) >= 11 is 0. The topological polar surface area (TPSA) is 70.0 Å². The third-order valence-electron chi connectivity index (χ3n) is 4.84. The maximum atomic E-state index is 12.6. The molecule has 0 aromatic heterocycles. The van der Waals surface area contributed by atoms with Crippen molar-refractivity contribution in [1.29, 1.82) is 5.26 Å². The van der Waals surface area contributed by atoms with Crippen molar-refractivity contribution in [3.05, 3.63) is 65.7 Å². The molecule has 0 unspecified atom stereocenters. The monoisotopic (exact) mass is 340 g/mol. The highest BCUT2D eigenvalue weighted by Crippen LogP contribution is 2.40. The molecule has 0 radical (unpaired) electrons. The van der Waals surface area contributed by atoms with Gasteiger partial charge in [-0.15, -0.1) is 0 Å². The first-order valence-corrected chi connectivity index (χ1v) is 9.59. The zero-order chi connectivity index (χ0) is 17.0. The molecule has 1 aliphatic carbocycles. The van der Waals surface area contributed by atoms with E-state index in [0.717, 1.165) is 25.7 Å². The first kappa shape index (κ1) is 16.7. The second-order valence-corrected chi connectivity index (χ2v) is 8.08. The first-order chi connectivity index (χ1) is 11.6. The SMILES string of the molecule is N#Cc1ccc(S(=O)(=O)NCC2(c3ccccc3)CCCC2)cc1. The van der Waals surface area contributed by atoms with Crippen molar-refractivity contribution >= 4 is 10.0 Å². The normalized spacial score (nSPS) is 16.6. The molecular weight excluding hydrogens is 320 g/mol. The molecule has 0 spiro atoms. The highest BCUT2D eigenvalue weighted by atomic mass is 32.2. The molecule has 2 aromatic rings. The Hall–Kier alpha value is -2.16. The average molecular weight is 340 g/mol. The first-order valence-electron chi connectivity index (χ1n) is 8.11. The molecule has 0 heterocycles. The summed E-state index contributed by atoms with van der Waals surface area (Å²) in [4.78, 5) is 0.197. The Labute approximate surface area is 143 Å².